The van der Waals surface area contributed by atoms with Gasteiger partial charge < -0.3 is 15.6 Å². The van der Waals surface area contributed by atoms with Crippen LogP contribution in [0.2, 0.25) is 0 Å². The molecule has 5 rings (SSSR count). The molecule has 0 aliphatic carbocycles. The fourth-order valence-electron chi connectivity index (χ4n) is 4.37. The number of nitrogens with zero attached hydrogens (tertiary/aromatic N) is 4. The average Bonchev–Trinajstić information content (AvgIpc) is 3.18. The quantitative estimate of drug-likeness (QED) is 0.595. The number of hydrogen-bond acceptors (Lipinski definition) is 7. The molecule has 2 aliphatic heterocycles. The summed E-state index contributed by atoms with van der Waals surface area (Å²) in [5.41, 5.74) is 8.42. The van der Waals surface area contributed by atoms with Crippen LogP contribution in [0, 0.1) is 5.82 Å². The molecule has 0 radical (unpaired) electrons. The van der Waals surface area contributed by atoms with Crippen molar-refractivity contribution in [2.45, 2.75) is 18.9 Å². The van der Waals surface area contributed by atoms with Crippen molar-refractivity contribution >= 4 is 17.8 Å². The van der Waals surface area contributed by atoms with Gasteiger partial charge in [-0.1, -0.05) is 30.3 Å². The first-order chi connectivity index (χ1) is 16.9. The highest BCUT2D eigenvalue weighted by Crippen LogP contribution is 2.42. The lowest BCUT2D eigenvalue weighted by molar-refractivity contribution is -0.134. The van der Waals surface area contributed by atoms with Gasteiger partial charge in [0, 0.05) is 38.0 Å². The molecular weight excluding hydrogens is 449 g/mol. The largest absolute Gasteiger partial charge is 0.494 e. The molecule has 0 amide bonds. The van der Waals surface area contributed by atoms with Crippen LogP contribution in [0.15, 0.2) is 77.0 Å². The number of pyridine rings is 1. The number of aliphatic carboxylic acids is 1. The number of rotatable bonds is 4. The third-order valence-electron chi connectivity index (χ3n) is 5.81. The van der Waals surface area contributed by atoms with Crippen LogP contribution in [-0.4, -0.2) is 53.0 Å². The molecule has 3 N–H and O–H groups in total. The summed E-state index contributed by atoms with van der Waals surface area (Å²) in [6.45, 7) is 2.57. The van der Waals surface area contributed by atoms with Crippen molar-refractivity contribution in [1.29, 1.82) is 0 Å². The number of halogens is 1. The fraction of sp³-hybridized carbons (Fsp3) is 0.231. The number of carboxylic acids is 1. The highest BCUT2D eigenvalue weighted by Gasteiger charge is 2.49. The van der Waals surface area contributed by atoms with Crippen LogP contribution in [0.4, 0.5) is 4.39 Å². The van der Waals surface area contributed by atoms with Crippen LogP contribution < -0.4 is 10.5 Å². The van der Waals surface area contributed by atoms with Gasteiger partial charge in [0.15, 0.2) is 23.1 Å². The summed E-state index contributed by atoms with van der Waals surface area (Å²) < 4.78 is 20.2. The molecule has 0 saturated carbocycles. The van der Waals surface area contributed by atoms with E-state index in [1.165, 1.54) is 7.11 Å². The molecular formula is C26H26FN5O3. The molecule has 35 heavy (non-hydrogen) atoms. The van der Waals surface area contributed by atoms with Gasteiger partial charge in [-0.15, -0.1) is 0 Å². The minimum Gasteiger partial charge on any atom is -0.494 e. The molecule has 0 bridgehead atoms. The lowest BCUT2D eigenvalue weighted by atomic mass is 9.81. The number of fused-ring (bicyclic) bond motifs is 1. The average molecular weight is 476 g/mol. The van der Waals surface area contributed by atoms with Crippen molar-refractivity contribution in [3.8, 4) is 16.9 Å². The Kier molecular flexibility index (Phi) is 6.77. The van der Waals surface area contributed by atoms with Gasteiger partial charge in [-0.3, -0.25) is 19.7 Å². The highest BCUT2D eigenvalue weighted by molar-refractivity contribution is 6.12. The number of carbonyl (C=O) groups is 1. The van der Waals surface area contributed by atoms with E-state index in [2.05, 4.69) is 4.98 Å². The Labute approximate surface area is 202 Å². The molecule has 1 atom stereocenters. The van der Waals surface area contributed by atoms with E-state index < -0.39 is 17.3 Å². The molecule has 9 heteroatoms. The van der Waals surface area contributed by atoms with Crippen LogP contribution in [0.5, 0.6) is 5.75 Å². The maximum absolute atomic E-state index is 15.0. The SMILES string of the molecule is CC(=O)O.COc1cccc(-c2cccc(C3(c4ccncc4)N=C(N)N4CCCN=C43)c2)c1F. The monoisotopic (exact) mass is 475 g/mol. The zero-order chi connectivity index (χ0) is 25.0. The second-order valence-corrected chi connectivity index (χ2v) is 8.05. The first-order valence-electron chi connectivity index (χ1n) is 11.1. The van der Waals surface area contributed by atoms with Gasteiger partial charge in [-0.2, -0.15) is 0 Å². The predicted molar refractivity (Wildman–Crippen MR) is 132 cm³/mol. The predicted octanol–water partition coefficient (Wildman–Crippen LogP) is 3.66. The smallest absolute Gasteiger partial charge is 0.300 e. The van der Waals surface area contributed by atoms with Crippen molar-refractivity contribution in [3.63, 3.8) is 0 Å². The van der Waals surface area contributed by atoms with E-state index in [1.54, 1.807) is 30.6 Å². The van der Waals surface area contributed by atoms with Gasteiger partial charge in [0.1, 0.15) is 5.84 Å². The van der Waals surface area contributed by atoms with Gasteiger partial charge in [0.25, 0.3) is 5.97 Å². The van der Waals surface area contributed by atoms with Gasteiger partial charge in [-0.25, -0.2) is 9.38 Å². The van der Waals surface area contributed by atoms with Crippen molar-refractivity contribution in [2.75, 3.05) is 20.2 Å². The Bertz CT molecular complexity index is 1290. The molecule has 2 aromatic carbocycles. The van der Waals surface area contributed by atoms with Crippen molar-refractivity contribution < 1.29 is 19.0 Å². The zero-order valence-electron chi connectivity index (χ0n) is 19.5. The summed E-state index contributed by atoms with van der Waals surface area (Å²) in [6, 6.07) is 16.7. The number of aliphatic imine (C=N–C) groups is 2. The van der Waals surface area contributed by atoms with Crippen molar-refractivity contribution in [3.05, 3.63) is 83.9 Å². The van der Waals surface area contributed by atoms with E-state index in [0.717, 1.165) is 42.4 Å². The number of benzene rings is 2. The third-order valence-corrected chi connectivity index (χ3v) is 5.81. The van der Waals surface area contributed by atoms with Crippen LogP contribution in [-0.2, 0) is 10.3 Å². The molecule has 1 aromatic heterocycles. The van der Waals surface area contributed by atoms with E-state index in [0.29, 0.717) is 18.1 Å². The van der Waals surface area contributed by atoms with Gasteiger partial charge >= 0.3 is 0 Å². The number of nitrogens with two attached hydrogens (primary N) is 1. The van der Waals surface area contributed by atoms with Crippen LogP contribution in [0.25, 0.3) is 11.1 Å². The number of aromatic nitrogens is 1. The van der Waals surface area contributed by atoms with Gasteiger partial charge in [0.2, 0.25) is 0 Å². The zero-order valence-corrected chi connectivity index (χ0v) is 19.5. The Morgan fingerprint density at radius 1 is 1.14 bits per heavy atom. The van der Waals surface area contributed by atoms with Gasteiger partial charge in [-0.05, 0) is 47.4 Å². The first-order valence-corrected chi connectivity index (χ1v) is 11.1. The molecule has 0 fully saturated rings. The fourth-order valence-corrected chi connectivity index (χ4v) is 4.37. The number of guanidine groups is 1. The number of methoxy groups -OCH3 is 1. The van der Waals surface area contributed by atoms with E-state index in [-0.39, 0.29) is 5.75 Å². The maximum Gasteiger partial charge on any atom is 0.300 e. The Hall–Kier alpha value is -4.27. The maximum atomic E-state index is 15.0. The highest BCUT2D eigenvalue weighted by atomic mass is 19.1. The van der Waals surface area contributed by atoms with E-state index in [9.17, 15) is 0 Å². The second kappa shape index (κ2) is 9.92. The van der Waals surface area contributed by atoms with E-state index in [4.69, 9.17) is 30.4 Å². The Balaban J connectivity index is 0.000000672. The topological polar surface area (TPSA) is 113 Å². The standard InChI is InChI=1S/C24H22FN5O.C2H4O2/c1-31-20-8-3-7-19(21(20)25)16-5-2-6-18(15-16)24(17-9-12-27-13-10-17)22-28-11-4-14-30(22)23(26)29-24;1-2(3)4/h2-3,5-10,12-13,15H,4,11,14H2,1H3,(H2,26,29);1H3,(H,3,4). The third kappa shape index (κ3) is 4.44. The van der Waals surface area contributed by atoms with Crippen LogP contribution in [0.3, 0.4) is 0 Å². The molecule has 180 valence electrons. The molecule has 2 aliphatic rings. The second-order valence-electron chi connectivity index (χ2n) is 8.05. The summed E-state index contributed by atoms with van der Waals surface area (Å²) in [5, 5.41) is 7.42. The van der Waals surface area contributed by atoms with Gasteiger partial charge in [0.05, 0.1) is 7.11 Å². The summed E-state index contributed by atoms with van der Waals surface area (Å²) >= 11 is 0. The summed E-state index contributed by atoms with van der Waals surface area (Å²) in [4.78, 5) is 24.9. The summed E-state index contributed by atoms with van der Waals surface area (Å²) in [7, 11) is 1.46. The first kappa shape index (κ1) is 23.9. The van der Waals surface area contributed by atoms with Crippen LogP contribution >= 0.6 is 0 Å². The van der Waals surface area contributed by atoms with Crippen molar-refractivity contribution in [1.82, 2.24) is 9.88 Å². The number of carboxylic acid groups (broad SMARTS) is 1. The molecule has 3 aromatic rings. The van der Waals surface area contributed by atoms with E-state index >= 15 is 4.39 Å². The molecule has 0 spiro atoms. The molecule has 1 unspecified atom stereocenters. The Morgan fingerprint density at radius 2 is 1.86 bits per heavy atom. The minimum atomic E-state index is -0.904. The molecule has 8 nitrogen and oxygen atoms in total. The summed E-state index contributed by atoms with van der Waals surface area (Å²) in [6.07, 6.45) is 4.39. The number of ether oxygens (including phenoxy) is 1. The lowest BCUT2D eigenvalue weighted by Gasteiger charge is -2.33. The molecule has 3 heterocycles. The van der Waals surface area contributed by atoms with Crippen LogP contribution in [0.1, 0.15) is 24.5 Å². The minimum absolute atomic E-state index is 0.206. The number of amidine groups is 1. The lowest BCUT2D eigenvalue weighted by Crippen LogP contribution is -2.46. The number of hydrogen-bond donors (Lipinski definition) is 2. The van der Waals surface area contributed by atoms with E-state index in [1.807, 2.05) is 41.3 Å². The molecule has 0 saturated heterocycles. The Morgan fingerprint density at radius 3 is 2.57 bits per heavy atom. The normalized spacial score (nSPS) is 18.5. The summed E-state index contributed by atoms with van der Waals surface area (Å²) in [5.74, 6) is 0.211. The van der Waals surface area contributed by atoms with Crippen molar-refractivity contribution in [2.24, 2.45) is 15.7 Å².